The zero-order chi connectivity index (χ0) is 24.9. The summed E-state index contributed by atoms with van der Waals surface area (Å²) < 4.78 is 38.9. The Labute approximate surface area is 202 Å². The van der Waals surface area contributed by atoms with Crippen LogP contribution in [0.2, 0.25) is 0 Å². The van der Waals surface area contributed by atoms with Gasteiger partial charge in [-0.2, -0.15) is 0 Å². The molecule has 0 amide bonds. The van der Waals surface area contributed by atoms with Crippen LogP contribution in [-0.4, -0.2) is 65.7 Å². The smallest absolute Gasteiger partial charge is 0.343 e. The fraction of sp³-hybridized carbons (Fsp3) is 0.440. The summed E-state index contributed by atoms with van der Waals surface area (Å²) >= 11 is 0. The molecule has 2 aromatic rings. The molecule has 35 heavy (non-hydrogen) atoms. The average molecular weight is 485 g/mol. The van der Waals surface area contributed by atoms with Gasteiger partial charge in [-0.3, -0.25) is 4.90 Å². The first-order valence-electron chi connectivity index (χ1n) is 11.2. The molecule has 0 radical (unpaired) electrons. The van der Waals surface area contributed by atoms with E-state index in [1.807, 2.05) is 13.1 Å². The number of cyclic esters (lactones) is 1. The fourth-order valence-electron chi connectivity index (χ4n) is 5.31. The Hall–Kier alpha value is -3.66. The van der Waals surface area contributed by atoms with Crippen molar-refractivity contribution in [3.05, 3.63) is 39.9 Å². The lowest BCUT2D eigenvalue weighted by Crippen LogP contribution is -2.34. The number of carbonyl (C=O) groups excluding carboxylic acids is 2. The van der Waals surface area contributed by atoms with Crippen molar-refractivity contribution in [3.8, 4) is 28.7 Å². The van der Waals surface area contributed by atoms with Crippen molar-refractivity contribution in [2.24, 2.45) is 0 Å². The van der Waals surface area contributed by atoms with Crippen molar-refractivity contribution in [2.75, 3.05) is 48.8 Å². The summed E-state index contributed by atoms with van der Waals surface area (Å²) in [5.41, 5.74) is 3.03. The zero-order valence-corrected chi connectivity index (χ0v) is 20.3. The molecule has 0 fully saturated rings. The van der Waals surface area contributed by atoms with E-state index in [1.54, 1.807) is 13.2 Å². The predicted octanol–water partition coefficient (Wildman–Crippen LogP) is 3.06. The van der Waals surface area contributed by atoms with Crippen LogP contribution in [-0.2, 0) is 15.9 Å². The van der Waals surface area contributed by atoms with Crippen LogP contribution in [0.1, 0.15) is 56.0 Å². The number of fused-ring (bicyclic) bond motifs is 3. The predicted molar refractivity (Wildman–Crippen MR) is 122 cm³/mol. The summed E-state index contributed by atoms with van der Waals surface area (Å²) in [5, 5.41) is 0. The minimum atomic E-state index is -0.535. The van der Waals surface area contributed by atoms with E-state index in [1.165, 1.54) is 21.3 Å². The average Bonchev–Trinajstić information content (AvgIpc) is 3.47. The minimum absolute atomic E-state index is 0.0195. The third kappa shape index (κ3) is 3.43. The largest absolute Gasteiger partial charge is 0.493 e. The van der Waals surface area contributed by atoms with Crippen LogP contribution in [0.4, 0.5) is 0 Å². The second-order valence-electron chi connectivity index (χ2n) is 8.50. The standard InChI is InChI=1S/C25H27NO9/c1-26-9-8-13-17(21(31-4)23-22(33-11-34-23)19(13)24(27)32-5)14(26)10-16-12-6-7-15(29-2)20(30-3)18(12)25(28)35-16/h6-7,14,16H,8-11H2,1-5H3. The van der Waals surface area contributed by atoms with Gasteiger partial charge in [-0.1, -0.05) is 6.07 Å². The Balaban J connectivity index is 1.62. The van der Waals surface area contributed by atoms with Crippen LogP contribution in [0.15, 0.2) is 12.1 Å². The molecule has 0 bridgehead atoms. The number of methoxy groups -OCH3 is 4. The first-order chi connectivity index (χ1) is 16.9. The van der Waals surface area contributed by atoms with Crippen LogP contribution < -0.4 is 23.7 Å². The lowest BCUT2D eigenvalue weighted by molar-refractivity contribution is 0.0289. The molecule has 2 atom stereocenters. The van der Waals surface area contributed by atoms with Crippen molar-refractivity contribution < 1.29 is 42.7 Å². The number of carbonyl (C=O) groups is 2. The summed E-state index contributed by atoms with van der Waals surface area (Å²) in [4.78, 5) is 27.8. The van der Waals surface area contributed by atoms with Gasteiger partial charge in [0.1, 0.15) is 17.2 Å². The molecule has 5 rings (SSSR count). The molecule has 3 aliphatic rings. The fourth-order valence-corrected chi connectivity index (χ4v) is 5.31. The number of hydrogen-bond donors (Lipinski definition) is 0. The SMILES string of the molecule is COC(=O)c1c2c(c(OC)c3c1OCO3)C(CC1OC(=O)c3c1ccc(OC)c3OC)N(C)CC2. The highest BCUT2D eigenvalue weighted by atomic mass is 16.7. The van der Waals surface area contributed by atoms with E-state index in [0.717, 1.165) is 16.7 Å². The quantitative estimate of drug-likeness (QED) is 0.567. The second-order valence-corrected chi connectivity index (χ2v) is 8.50. The second kappa shape index (κ2) is 8.84. The number of ether oxygens (including phenoxy) is 7. The maximum atomic E-state index is 12.9. The van der Waals surface area contributed by atoms with Crippen LogP contribution >= 0.6 is 0 Å². The first-order valence-corrected chi connectivity index (χ1v) is 11.2. The van der Waals surface area contributed by atoms with Gasteiger partial charge in [0, 0.05) is 30.1 Å². The van der Waals surface area contributed by atoms with Gasteiger partial charge in [-0.25, -0.2) is 9.59 Å². The summed E-state index contributed by atoms with van der Waals surface area (Å²) in [7, 11) is 7.89. The van der Waals surface area contributed by atoms with Gasteiger partial charge in [0.25, 0.3) is 0 Å². The van der Waals surface area contributed by atoms with E-state index in [4.69, 9.17) is 33.2 Å². The van der Waals surface area contributed by atoms with Gasteiger partial charge < -0.3 is 33.2 Å². The van der Waals surface area contributed by atoms with Crippen molar-refractivity contribution in [1.29, 1.82) is 0 Å². The summed E-state index contributed by atoms with van der Waals surface area (Å²) in [6.07, 6.45) is 0.479. The number of rotatable bonds is 6. The minimum Gasteiger partial charge on any atom is -0.493 e. The molecule has 2 aromatic carbocycles. The highest BCUT2D eigenvalue weighted by Crippen LogP contribution is 2.54. The number of nitrogens with zero attached hydrogens (tertiary/aromatic N) is 1. The van der Waals surface area contributed by atoms with Gasteiger partial charge in [-0.15, -0.1) is 0 Å². The van der Waals surface area contributed by atoms with Gasteiger partial charge >= 0.3 is 11.9 Å². The molecule has 10 heteroatoms. The van der Waals surface area contributed by atoms with Gasteiger partial charge in [0.2, 0.25) is 12.5 Å². The van der Waals surface area contributed by atoms with Crippen LogP contribution in [0.3, 0.4) is 0 Å². The molecule has 0 saturated carbocycles. The first kappa shape index (κ1) is 23.1. The maximum absolute atomic E-state index is 12.9. The van der Waals surface area contributed by atoms with Gasteiger partial charge in [0.05, 0.1) is 28.4 Å². The molecule has 10 nitrogen and oxygen atoms in total. The zero-order valence-electron chi connectivity index (χ0n) is 20.3. The topological polar surface area (TPSA) is 102 Å². The molecule has 2 unspecified atom stereocenters. The third-order valence-electron chi connectivity index (χ3n) is 6.91. The Morgan fingerprint density at radius 2 is 1.80 bits per heavy atom. The van der Waals surface area contributed by atoms with E-state index in [2.05, 4.69) is 4.90 Å². The lowest BCUT2D eigenvalue weighted by Gasteiger charge is -2.37. The number of esters is 2. The molecule has 0 spiro atoms. The van der Waals surface area contributed by atoms with Crippen molar-refractivity contribution >= 4 is 11.9 Å². The number of likely N-dealkylation sites (N-methyl/N-ethyl adjacent to an activating group) is 1. The molecule has 3 heterocycles. The normalized spacial score (nSPS) is 20.1. The number of hydrogen-bond acceptors (Lipinski definition) is 10. The molecular formula is C25H27NO9. The van der Waals surface area contributed by atoms with Gasteiger partial charge in [0.15, 0.2) is 23.0 Å². The summed E-state index contributed by atoms with van der Waals surface area (Å²) in [6, 6.07) is 3.34. The van der Waals surface area contributed by atoms with E-state index < -0.39 is 18.0 Å². The summed E-state index contributed by atoms with van der Waals surface area (Å²) in [6.45, 7) is 0.651. The van der Waals surface area contributed by atoms with Crippen molar-refractivity contribution in [3.63, 3.8) is 0 Å². The molecule has 0 N–H and O–H groups in total. The van der Waals surface area contributed by atoms with Gasteiger partial charge in [-0.05, 0) is 25.1 Å². The van der Waals surface area contributed by atoms with Crippen molar-refractivity contribution in [2.45, 2.75) is 25.0 Å². The van der Waals surface area contributed by atoms with Crippen LogP contribution in [0, 0.1) is 0 Å². The molecule has 3 aliphatic heterocycles. The van der Waals surface area contributed by atoms with Crippen LogP contribution in [0.25, 0.3) is 0 Å². The number of benzene rings is 2. The molecule has 0 saturated heterocycles. The third-order valence-corrected chi connectivity index (χ3v) is 6.91. The van der Waals surface area contributed by atoms with E-state index in [0.29, 0.717) is 59.3 Å². The molecule has 0 aromatic heterocycles. The maximum Gasteiger partial charge on any atom is 0.343 e. The van der Waals surface area contributed by atoms with E-state index in [-0.39, 0.29) is 12.8 Å². The lowest BCUT2D eigenvalue weighted by atomic mass is 9.84. The van der Waals surface area contributed by atoms with E-state index in [9.17, 15) is 9.59 Å². The monoisotopic (exact) mass is 485 g/mol. The Bertz CT molecular complexity index is 1210. The Morgan fingerprint density at radius 3 is 2.49 bits per heavy atom. The highest BCUT2D eigenvalue weighted by molar-refractivity contribution is 5.98. The summed E-state index contributed by atoms with van der Waals surface area (Å²) in [5.74, 6) is 1.07. The molecular weight excluding hydrogens is 458 g/mol. The van der Waals surface area contributed by atoms with Crippen LogP contribution in [0.5, 0.6) is 28.7 Å². The molecule has 186 valence electrons. The van der Waals surface area contributed by atoms with Crippen molar-refractivity contribution in [1.82, 2.24) is 4.90 Å². The highest BCUT2D eigenvalue weighted by Gasteiger charge is 2.43. The van der Waals surface area contributed by atoms with E-state index >= 15 is 0 Å². The Morgan fingerprint density at radius 1 is 1.06 bits per heavy atom. The Kier molecular flexibility index (Phi) is 5.84. The molecule has 0 aliphatic carbocycles.